The Morgan fingerprint density at radius 1 is 1.02 bits per heavy atom. The van der Waals surface area contributed by atoms with E-state index in [4.69, 9.17) is 4.74 Å². The number of ether oxygens (including phenoxy) is 1. The van der Waals surface area contributed by atoms with E-state index >= 15 is 0 Å². The van der Waals surface area contributed by atoms with Crippen molar-refractivity contribution in [2.75, 3.05) is 16.8 Å². The predicted molar refractivity (Wildman–Crippen MR) is 162 cm³/mol. The molecule has 3 atom stereocenters. The van der Waals surface area contributed by atoms with Crippen molar-refractivity contribution < 1.29 is 41.8 Å². The number of aromatic nitrogens is 1. The average Bonchev–Trinajstić information content (AvgIpc) is 3.45. The van der Waals surface area contributed by atoms with Crippen molar-refractivity contribution in [3.8, 4) is 11.5 Å². The summed E-state index contributed by atoms with van der Waals surface area (Å²) in [6.45, 7) is 1.42. The van der Waals surface area contributed by atoms with Crippen molar-refractivity contribution >= 4 is 52.2 Å². The predicted octanol–water partition coefficient (Wildman–Crippen LogP) is 5.61. The smallest absolute Gasteiger partial charge is 0.416 e. The minimum atomic E-state index is -4.72. The number of hydrogen-bond donors (Lipinski definition) is 2. The van der Waals surface area contributed by atoms with Gasteiger partial charge in [0.05, 0.1) is 28.8 Å². The molecule has 9 nitrogen and oxygen atoms in total. The lowest BCUT2D eigenvalue weighted by Crippen LogP contribution is -2.33. The average molecular weight is 674 g/mol. The lowest BCUT2D eigenvalue weighted by atomic mass is 9.83. The van der Waals surface area contributed by atoms with Gasteiger partial charge in [-0.15, -0.1) is 0 Å². The number of nitrogens with zero attached hydrogens (tertiary/aromatic N) is 2. The SMILES string of the molecule is CCOc1cc(C2c3sc(=O)n(CC(=O)Nc4ccc(F)cc4)c3SC3C(=O)N(c4cccc(C(F)(F)F)c4)C(=O)C32)ccc1O. The normalized spacial score (nSPS) is 19.2. The van der Waals surface area contributed by atoms with Gasteiger partial charge in [0.2, 0.25) is 17.7 Å². The van der Waals surface area contributed by atoms with Gasteiger partial charge in [0.1, 0.15) is 17.6 Å². The van der Waals surface area contributed by atoms with E-state index in [0.29, 0.717) is 10.4 Å². The van der Waals surface area contributed by atoms with Crippen LogP contribution in [0, 0.1) is 11.7 Å². The second-order valence-corrected chi connectivity index (χ2v) is 12.6. The largest absolute Gasteiger partial charge is 0.504 e. The molecule has 3 amide bonds. The van der Waals surface area contributed by atoms with Gasteiger partial charge in [-0.3, -0.25) is 23.7 Å². The van der Waals surface area contributed by atoms with E-state index in [1.54, 1.807) is 6.92 Å². The van der Waals surface area contributed by atoms with Crippen LogP contribution in [-0.2, 0) is 27.1 Å². The summed E-state index contributed by atoms with van der Waals surface area (Å²) in [5.74, 6) is -4.84. The molecule has 0 saturated carbocycles. The Morgan fingerprint density at radius 2 is 1.76 bits per heavy atom. The maximum atomic E-state index is 14.0. The fourth-order valence-corrected chi connectivity index (χ4v) is 8.34. The molecule has 1 fully saturated rings. The molecule has 0 bridgehead atoms. The summed E-state index contributed by atoms with van der Waals surface area (Å²) in [6, 6.07) is 13.3. The molecule has 3 heterocycles. The van der Waals surface area contributed by atoms with Gasteiger partial charge in [-0.1, -0.05) is 35.2 Å². The molecule has 0 radical (unpaired) electrons. The van der Waals surface area contributed by atoms with Crippen LogP contribution in [0.4, 0.5) is 28.9 Å². The van der Waals surface area contributed by atoms with Gasteiger partial charge in [-0.2, -0.15) is 13.2 Å². The van der Waals surface area contributed by atoms with Gasteiger partial charge in [-0.05, 0) is 67.1 Å². The topological polar surface area (TPSA) is 118 Å². The van der Waals surface area contributed by atoms with Gasteiger partial charge in [0, 0.05) is 16.5 Å². The minimum absolute atomic E-state index is 0.0910. The summed E-state index contributed by atoms with van der Waals surface area (Å²) in [5.41, 5.74) is -0.590. The number of anilines is 2. The van der Waals surface area contributed by atoms with Gasteiger partial charge < -0.3 is 15.2 Å². The minimum Gasteiger partial charge on any atom is -0.504 e. The van der Waals surface area contributed by atoms with E-state index < -0.39 is 63.8 Å². The van der Waals surface area contributed by atoms with Crippen molar-refractivity contribution in [1.82, 2.24) is 4.57 Å². The van der Waals surface area contributed by atoms with Crippen LogP contribution in [0.2, 0.25) is 0 Å². The molecule has 1 aromatic heterocycles. The number of carbonyl (C=O) groups excluding carboxylic acids is 3. The third kappa shape index (κ3) is 5.64. The number of phenolic OH excluding ortho intramolecular Hbond substituents is 1. The van der Waals surface area contributed by atoms with E-state index in [1.165, 1.54) is 41.0 Å². The van der Waals surface area contributed by atoms with Gasteiger partial charge >= 0.3 is 11.0 Å². The Kier molecular flexibility index (Phi) is 8.14. The first-order valence-electron chi connectivity index (χ1n) is 13.8. The van der Waals surface area contributed by atoms with Crippen LogP contribution < -0.4 is 19.8 Å². The van der Waals surface area contributed by atoms with E-state index in [2.05, 4.69) is 5.32 Å². The monoisotopic (exact) mass is 673 g/mol. The molecule has 2 N–H and O–H groups in total. The van der Waals surface area contributed by atoms with E-state index in [0.717, 1.165) is 58.3 Å². The van der Waals surface area contributed by atoms with Crippen LogP contribution in [0.3, 0.4) is 0 Å². The second-order valence-electron chi connectivity index (χ2n) is 10.4. The molecule has 3 aromatic carbocycles. The molecule has 3 unspecified atom stereocenters. The van der Waals surface area contributed by atoms with Crippen molar-refractivity contribution in [1.29, 1.82) is 0 Å². The lowest BCUT2D eigenvalue weighted by molar-refractivity contribution is -0.137. The van der Waals surface area contributed by atoms with Crippen molar-refractivity contribution in [3.63, 3.8) is 0 Å². The van der Waals surface area contributed by atoms with Gasteiger partial charge in [0.15, 0.2) is 11.5 Å². The summed E-state index contributed by atoms with van der Waals surface area (Å²) in [4.78, 5) is 54.8. The van der Waals surface area contributed by atoms with Crippen LogP contribution in [-0.4, -0.2) is 39.3 Å². The molecule has 238 valence electrons. The number of thiazole rings is 1. The molecule has 2 aliphatic heterocycles. The number of rotatable bonds is 7. The lowest BCUT2D eigenvalue weighted by Gasteiger charge is -2.31. The zero-order chi connectivity index (χ0) is 32.9. The molecular formula is C31H23F4N3O6S2. The number of thioether (sulfide) groups is 1. The second kappa shape index (κ2) is 11.9. The third-order valence-corrected chi connectivity index (χ3v) is 10.2. The molecule has 0 spiro atoms. The molecule has 6 rings (SSSR count). The molecule has 4 aromatic rings. The Bertz CT molecular complexity index is 1920. The Balaban J connectivity index is 1.44. The Hall–Kier alpha value is -4.63. The number of carbonyl (C=O) groups is 3. The van der Waals surface area contributed by atoms with E-state index in [9.17, 15) is 41.8 Å². The number of imide groups is 1. The summed E-state index contributed by atoms with van der Waals surface area (Å²) >= 11 is 1.66. The standard InChI is InChI=1S/C31H23F4N3O6S2/c1-2-44-21-12-15(6-11-20(21)39)23-24-25(28(42)38(27(24)41)19-5-3-4-16(13-19)31(33,34)35)45-29-26(23)46-30(43)37(29)14-22(40)36-18-9-7-17(32)8-10-18/h3-13,23-25,39H,2,14H2,1H3,(H,36,40). The number of benzene rings is 3. The summed E-state index contributed by atoms with van der Waals surface area (Å²) in [5, 5.41) is 12.0. The first-order chi connectivity index (χ1) is 21.9. The fourth-order valence-electron chi connectivity index (χ4n) is 5.56. The van der Waals surface area contributed by atoms with Gasteiger partial charge in [0.25, 0.3) is 0 Å². The maximum absolute atomic E-state index is 14.0. The molecule has 1 saturated heterocycles. The number of halogens is 4. The quantitative estimate of drug-likeness (QED) is 0.194. The first kappa shape index (κ1) is 31.4. The van der Waals surface area contributed by atoms with Crippen LogP contribution in [0.5, 0.6) is 11.5 Å². The zero-order valence-electron chi connectivity index (χ0n) is 23.7. The number of alkyl halides is 3. The van der Waals surface area contributed by atoms with Crippen LogP contribution in [0.15, 0.2) is 76.6 Å². The molecule has 2 aliphatic rings. The zero-order valence-corrected chi connectivity index (χ0v) is 25.3. The number of nitrogens with one attached hydrogen (secondary N) is 1. The molecule has 0 aliphatic carbocycles. The Labute approximate surface area is 266 Å². The summed E-state index contributed by atoms with van der Waals surface area (Å²) < 4.78 is 60.6. The van der Waals surface area contributed by atoms with E-state index in [-0.39, 0.29) is 34.5 Å². The first-order valence-corrected chi connectivity index (χ1v) is 15.5. The third-order valence-electron chi connectivity index (χ3n) is 7.55. The fraction of sp³-hybridized carbons (Fsp3) is 0.226. The Morgan fingerprint density at radius 3 is 2.46 bits per heavy atom. The molecule has 46 heavy (non-hydrogen) atoms. The molecular weight excluding hydrogens is 650 g/mol. The van der Waals surface area contributed by atoms with Gasteiger partial charge in [-0.25, -0.2) is 9.29 Å². The summed E-state index contributed by atoms with van der Waals surface area (Å²) in [6.07, 6.45) is -4.72. The van der Waals surface area contributed by atoms with Crippen molar-refractivity contribution in [2.24, 2.45) is 5.92 Å². The van der Waals surface area contributed by atoms with Crippen LogP contribution >= 0.6 is 23.1 Å². The number of phenols is 1. The van der Waals surface area contributed by atoms with Crippen molar-refractivity contribution in [2.45, 2.75) is 35.8 Å². The molecule has 15 heteroatoms. The highest BCUT2D eigenvalue weighted by Gasteiger charge is 2.57. The number of aromatic hydroxyl groups is 1. The van der Waals surface area contributed by atoms with Crippen LogP contribution in [0.25, 0.3) is 0 Å². The maximum Gasteiger partial charge on any atom is 0.416 e. The summed E-state index contributed by atoms with van der Waals surface area (Å²) in [7, 11) is 0. The number of hydrogen-bond acceptors (Lipinski definition) is 8. The van der Waals surface area contributed by atoms with Crippen LogP contribution in [0.1, 0.15) is 28.8 Å². The van der Waals surface area contributed by atoms with Crippen molar-refractivity contribution in [3.05, 3.63) is 98.2 Å². The number of amides is 3. The number of fused-ring (bicyclic) bond motifs is 2. The highest BCUT2D eigenvalue weighted by Crippen LogP contribution is 2.54. The highest BCUT2D eigenvalue weighted by atomic mass is 32.2. The van der Waals surface area contributed by atoms with E-state index in [1.807, 2.05) is 0 Å². The highest BCUT2D eigenvalue weighted by molar-refractivity contribution is 8.00.